The van der Waals surface area contributed by atoms with Crippen LogP contribution in [-0.2, 0) is 9.53 Å². The van der Waals surface area contributed by atoms with E-state index in [1.807, 2.05) is 19.1 Å². The van der Waals surface area contributed by atoms with Crippen molar-refractivity contribution in [3.05, 3.63) is 64.7 Å². The summed E-state index contributed by atoms with van der Waals surface area (Å²) in [7, 11) is 0. The van der Waals surface area contributed by atoms with Gasteiger partial charge in [0, 0.05) is 6.54 Å². The normalized spacial score (nSPS) is 16.1. The monoisotopic (exact) mass is 434 g/mol. The summed E-state index contributed by atoms with van der Waals surface area (Å²) < 4.78 is 5.12. The zero-order valence-corrected chi connectivity index (χ0v) is 18.1. The highest BCUT2D eigenvalue weighted by atomic mass is 16.5. The minimum absolute atomic E-state index is 0.122. The third-order valence-corrected chi connectivity index (χ3v) is 6.13. The summed E-state index contributed by atoms with van der Waals surface area (Å²) in [5.41, 5.74) is 1.81. The molecule has 2 aromatic rings. The van der Waals surface area contributed by atoms with Gasteiger partial charge in [0.05, 0.1) is 22.4 Å². The molecule has 0 unspecified atom stereocenters. The van der Waals surface area contributed by atoms with Crippen molar-refractivity contribution in [2.24, 2.45) is 5.92 Å². The average Bonchev–Trinajstić information content (AvgIpc) is 3.06. The fourth-order valence-corrected chi connectivity index (χ4v) is 4.32. The van der Waals surface area contributed by atoms with Gasteiger partial charge in [0.25, 0.3) is 17.7 Å². The third kappa shape index (κ3) is 4.42. The van der Waals surface area contributed by atoms with Crippen LogP contribution in [0.15, 0.2) is 42.5 Å². The summed E-state index contributed by atoms with van der Waals surface area (Å²) in [6.07, 6.45) is 5.86. The minimum atomic E-state index is -0.713. The number of rotatable bonds is 6. The summed E-state index contributed by atoms with van der Waals surface area (Å²) in [4.78, 5) is 51.3. The van der Waals surface area contributed by atoms with Crippen molar-refractivity contribution in [1.82, 2.24) is 5.32 Å². The predicted molar refractivity (Wildman–Crippen MR) is 119 cm³/mol. The van der Waals surface area contributed by atoms with Crippen molar-refractivity contribution in [3.63, 3.8) is 0 Å². The molecule has 2 aromatic carbocycles. The Balaban J connectivity index is 1.39. The van der Waals surface area contributed by atoms with Crippen LogP contribution in [0.5, 0.6) is 0 Å². The Morgan fingerprint density at radius 3 is 2.47 bits per heavy atom. The Kier molecular flexibility index (Phi) is 6.35. The first-order chi connectivity index (χ1) is 15.5. The molecule has 1 saturated carbocycles. The maximum absolute atomic E-state index is 12.9. The molecule has 3 amide bonds. The zero-order chi connectivity index (χ0) is 22.7. The molecular weight excluding hydrogens is 408 g/mol. The maximum atomic E-state index is 12.9. The van der Waals surface area contributed by atoms with Crippen molar-refractivity contribution in [2.45, 2.75) is 39.0 Å². The average molecular weight is 434 g/mol. The van der Waals surface area contributed by atoms with Crippen molar-refractivity contribution in [1.29, 1.82) is 0 Å². The molecule has 1 aliphatic heterocycles. The van der Waals surface area contributed by atoms with E-state index in [2.05, 4.69) is 5.32 Å². The van der Waals surface area contributed by atoms with Gasteiger partial charge in [0.1, 0.15) is 0 Å². The fraction of sp³-hybridized carbons (Fsp3) is 0.360. The number of benzene rings is 2. The molecule has 1 aliphatic carbocycles. The molecule has 1 fully saturated rings. The van der Waals surface area contributed by atoms with Crippen LogP contribution in [-0.4, -0.2) is 36.8 Å². The molecule has 32 heavy (non-hydrogen) atoms. The number of hydrogen-bond donors (Lipinski definition) is 1. The fourth-order valence-electron chi connectivity index (χ4n) is 4.32. The number of carbonyl (C=O) groups excluding carboxylic acids is 4. The number of anilines is 1. The molecule has 0 atom stereocenters. The smallest absolute Gasteiger partial charge is 0.338 e. The van der Waals surface area contributed by atoms with Gasteiger partial charge in [-0.3, -0.25) is 14.4 Å². The lowest BCUT2D eigenvalue weighted by Gasteiger charge is -2.21. The third-order valence-electron chi connectivity index (χ3n) is 6.13. The Morgan fingerprint density at radius 2 is 1.72 bits per heavy atom. The summed E-state index contributed by atoms with van der Waals surface area (Å²) in [6, 6.07) is 11.4. The highest BCUT2D eigenvalue weighted by Crippen LogP contribution is 2.31. The first-order valence-corrected chi connectivity index (χ1v) is 11.0. The van der Waals surface area contributed by atoms with Gasteiger partial charge in [-0.2, -0.15) is 0 Å². The van der Waals surface area contributed by atoms with Gasteiger partial charge in [0.15, 0.2) is 6.61 Å². The number of para-hydroxylation sites is 1. The molecular formula is C25H26N2O5. The van der Waals surface area contributed by atoms with Crippen LogP contribution < -0.4 is 10.2 Å². The minimum Gasteiger partial charge on any atom is -0.452 e. The number of fused-ring (bicyclic) bond motifs is 1. The molecule has 0 aromatic heterocycles. The van der Waals surface area contributed by atoms with Crippen molar-refractivity contribution in [2.75, 3.05) is 18.1 Å². The molecule has 0 spiro atoms. The second-order valence-corrected chi connectivity index (χ2v) is 8.38. The summed E-state index contributed by atoms with van der Waals surface area (Å²) >= 11 is 0. The predicted octanol–water partition coefficient (Wildman–Crippen LogP) is 3.65. The van der Waals surface area contributed by atoms with Gasteiger partial charge in [-0.1, -0.05) is 37.5 Å². The number of ether oxygens (including phenoxy) is 1. The highest BCUT2D eigenvalue weighted by Gasteiger charge is 2.37. The van der Waals surface area contributed by atoms with Crippen molar-refractivity contribution < 1.29 is 23.9 Å². The quantitative estimate of drug-likeness (QED) is 0.553. The van der Waals surface area contributed by atoms with E-state index in [4.69, 9.17) is 4.74 Å². The van der Waals surface area contributed by atoms with Crippen LogP contribution in [0.1, 0.15) is 68.7 Å². The van der Waals surface area contributed by atoms with Gasteiger partial charge in [-0.05, 0) is 55.5 Å². The van der Waals surface area contributed by atoms with Crippen LogP contribution in [0, 0.1) is 12.8 Å². The van der Waals surface area contributed by atoms with Crippen LogP contribution >= 0.6 is 0 Å². The van der Waals surface area contributed by atoms with E-state index in [1.54, 1.807) is 12.1 Å². The molecule has 166 valence electrons. The summed E-state index contributed by atoms with van der Waals surface area (Å²) in [6.45, 7) is 2.03. The van der Waals surface area contributed by atoms with Gasteiger partial charge < -0.3 is 10.1 Å². The van der Waals surface area contributed by atoms with E-state index >= 15 is 0 Å². The van der Waals surface area contributed by atoms with Crippen LogP contribution in [0.3, 0.4) is 0 Å². The number of carbonyl (C=O) groups is 4. The Morgan fingerprint density at radius 1 is 1.00 bits per heavy atom. The van der Waals surface area contributed by atoms with Crippen LogP contribution in [0.4, 0.5) is 5.69 Å². The van der Waals surface area contributed by atoms with E-state index in [1.165, 1.54) is 37.5 Å². The second-order valence-electron chi connectivity index (χ2n) is 8.38. The Bertz CT molecular complexity index is 1070. The number of nitrogens with one attached hydrogen (secondary N) is 1. The summed E-state index contributed by atoms with van der Waals surface area (Å²) in [5.74, 6) is -1.49. The Labute approximate surface area is 186 Å². The maximum Gasteiger partial charge on any atom is 0.338 e. The molecule has 7 heteroatoms. The first-order valence-electron chi connectivity index (χ1n) is 11.0. The van der Waals surface area contributed by atoms with E-state index in [0.717, 1.165) is 23.3 Å². The number of aryl methyl sites for hydroxylation is 1. The molecule has 2 aliphatic rings. The van der Waals surface area contributed by atoms with Gasteiger partial charge in [0.2, 0.25) is 0 Å². The first kappa shape index (κ1) is 21.7. The van der Waals surface area contributed by atoms with Gasteiger partial charge in [-0.25, -0.2) is 9.69 Å². The number of esters is 1. The van der Waals surface area contributed by atoms with Crippen molar-refractivity contribution in [3.8, 4) is 0 Å². The summed E-state index contributed by atoms with van der Waals surface area (Å²) in [5, 5.41) is 2.82. The molecule has 1 heterocycles. The lowest BCUT2D eigenvalue weighted by molar-refractivity contribution is -0.124. The van der Waals surface area contributed by atoms with Crippen LogP contribution in [0.25, 0.3) is 0 Å². The largest absolute Gasteiger partial charge is 0.452 e. The van der Waals surface area contributed by atoms with Crippen LogP contribution in [0.2, 0.25) is 0 Å². The number of imide groups is 1. The number of nitrogens with zero attached hydrogens (tertiary/aromatic N) is 1. The lowest BCUT2D eigenvalue weighted by Crippen LogP contribution is -2.33. The molecule has 7 nitrogen and oxygen atoms in total. The SMILES string of the molecule is Cc1ccccc1N1C(=O)c2ccc(C(=O)OCC(=O)NCC3CCCCC3)cc2C1=O. The lowest BCUT2D eigenvalue weighted by atomic mass is 9.89. The highest BCUT2D eigenvalue weighted by molar-refractivity contribution is 6.34. The van der Waals surface area contributed by atoms with E-state index in [0.29, 0.717) is 18.2 Å². The standard InChI is InChI=1S/C25H26N2O5/c1-16-7-5-6-10-21(16)27-23(29)19-12-11-18(13-20(19)24(27)30)25(31)32-15-22(28)26-14-17-8-3-2-4-9-17/h5-7,10-13,17H,2-4,8-9,14-15H2,1H3,(H,26,28). The van der Waals surface area contributed by atoms with Crippen molar-refractivity contribution >= 4 is 29.4 Å². The molecule has 1 N–H and O–H groups in total. The molecule has 4 rings (SSSR count). The van der Waals surface area contributed by atoms with Gasteiger partial charge in [-0.15, -0.1) is 0 Å². The zero-order valence-electron chi connectivity index (χ0n) is 18.1. The van der Waals surface area contributed by atoms with E-state index in [9.17, 15) is 19.2 Å². The molecule has 0 saturated heterocycles. The van der Waals surface area contributed by atoms with E-state index < -0.39 is 17.8 Å². The molecule has 0 radical (unpaired) electrons. The molecule has 0 bridgehead atoms. The second kappa shape index (κ2) is 9.34. The Hall–Kier alpha value is -3.48. The number of amides is 3. The van der Waals surface area contributed by atoms with E-state index in [-0.39, 0.29) is 29.2 Å². The van der Waals surface area contributed by atoms with Gasteiger partial charge >= 0.3 is 5.97 Å². The number of hydrogen-bond acceptors (Lipinski definition) is 5. The topological polar surface area (TPSA) is 92.8 Å².